The van der Waals surface area contributed by atoms with Crippen molar-refractivity contribution in [1.29, 1.82) is 0 Å². The van der Waals surface area contributed by atoms with Crippen molar-refractivity contribution in [2.45, 2.75) is 59.2 Å². The molecule has 0 aromatic rings. The van der Waals surface area contributed by atoms with Crippen LogP contribution in [0.15, 0.2) is 0 Å². The first-order valence-corrected chi connectivity index (χ1v) is 5.68. The second-order valence-corrected chi connectivity index (χ2v) is 5.45. The third-order valence-electron chi connectivity index (χ3n) is 3.00. The zero-order valence-corrected chi connectivity index (χ0v) is 11.1. The van der Waals surface area contributed by atoms with Gasteiger partial charge in [0.25, 0.3) is 5.78 Å². The summed E-state index contributed by atoms with van der Waals surface area (Å²) < 4.78 is 41.8. The Morgan fingerprint density at radius 1 is 1.12 bits per heavy atom. The number of hydrogen-bond acceptors (Lipinski definition) is 2. The van der Waals surface area contributed by atoms with Crippen molar-refractivity contribution in [3.05, 3.63) is 0 Å². The van der Waals surface area contributed by atoms with Gasteiger partial charge in [-0.15, -0.1) is 0 Å². The van der Waals surface area contributed by atoms with Crippen LogP contribution in [0.25, 0.3) is 0 Å². The van der Waals surface area contributed by atoms with E-state index in [2.05, 4.69) is 0 Å². The lowest BCUT2D eigenvalue weighted by molar-refractivity contribution is -0.192. The molecule has 0 aromatic carbocycles. The lowest BCUT2D eigenvalue weighted by Crippen LogP contribution is -2.44. The van der Waals surface area contributed by atoms with Crippen LogP contribution in [0.3, 0.4) is 0 Å². The molecule has 0 N–H and O–H groups in total. The Balaban J connectivity index is 4.34. The molecule has 0 amide bonds. The molecule has 0 heterocycles. The standard InChI is InChI=1S/C12H21F3O2/c1-6-10(2,3)7-8-17-11(4,5)9(16)12(13,14)15/h6-8H2,1-5H3. The molecule has 0 bridgehead atoms. The van der Waals surface area contributed by atoms with Gasteiger partial charge in [0.1, 0.15) is 5.60 Å². The van der Waals surface area contributed by atoms with E-state index in [1.165, 1.54) is 0 Å². The quantitative estimate of drug-likeness (QED) is 0.721. The van der Waals surface area contributed by atoms with Crippen LogP contribution in [0.4, 0.5) is 13.2 Å². The Morgan fingerprint density at radius 2 is 1.59 bits per heavy atom. The molecule has 0 unspecified atom stereocenters. The van der Waals surface area contributed by atoms with Crippen molar-refractivity contribution in [2.24, 2.45) is 5.41 Å². The van der Waals surface area contributed by atoms with Crippen molar-refractivity contribution in [2.75, 3.05) is 6.61 Å². The van der Waals surface area contributed by atoms with E-state index in [-0.39, 0.29) is 12.0 Å². The molecule has 0 radical (unpaired) electrons. The maximum atomic E-state index is 12.2. The number of ether oxygens (including phenoxy) is 1. The minimum absolute atomic E-state index is 0.0113. The molecule has 0 atom stereocenters. The SMILES string of the molecule is CCC(C)(C)CCOC(C)(C)C(=O)C(F)(F)F. The summed E-state index contributed by atoms with van der Waals surface area (Å²) in [4.78, 5) is 11.1. The molecular formula is C12H21F3O2. The largest absolute Gasteiger partial charge is 0.453 e. The van der Waals surface area contributed by atoms with E-state index < -0.39 is 17.6 Å². The molecule has 5 heteroatoms. The van der Waals surface area contributed by atoms with Crippen LogP contribution >= 0.6 is 0 Å². The van der Waals surface area contributed by atoms with Crippen LogP contribution in [0.5, 0.6) is 0 Å². The Morgan fingerprint density at radius 3 is 1.94 bits per heavy atom. The molecule has 0 saturated heterocycles. The molecule has 0 aliphatic rings. The first-order valence-electron chi connectivity index (χ1n) is 5.68. The van der Waals surface area contributed by atoms with Crippen LogP contribution in [0, 0.1) is 5.41 Å². The van der Waals surface area contributed by atoms with Gasteiger partial charge in [-0.1, -0.05) is 27.2 Å². The second-order valence-electron chi connectivity index (χ2n) is 5.45. The summed E-state index contributed by atoms with van der Waals surface area (Å²) in [6.45, 7) is 8.48. The van der Waals surface area contributed by atoms with Crippen molar-refractivity contribution in [3.63, 3.8) is 0 Å². The molecule has 0 aromatic heterocycles. The minimum atomic E-state index is -4.84. The van der Waals surface area contributed by atoms with Gasteiger partial charge >= 0.3 is 6.18 Å². The van der Waals surface area contributed by atoms with Gasteiger partial charge in [-0.25, -0.2) is 0 Å². The Bertz CT molecular complexity index is 267. The summed E-state index contributed by atoms with van der Waals surface area (Å²) in [6.07, 6.45) is -3.31. The summed E-state index contributed by atoms with van der Waals surface area (Å²) in [6, 6.07) is 0. The molecule has 102 valence electrons. The molecule has 2 nitrogen and oxygen atoms in total. The van der Waals surface area contributed by atoms with Crippen molar-refractivity contribution < 1.29 is 22.7 Å². The van der Waals surface area contributed by atoms with Crippen LogP contribution in [-0.2, 0) is 9.53 Å². The van der Waals surface area contributed by atoms with Crippen molar-refractivity contribution in [3.8, 4) is 0 Å². The number of halogens is 3. The van der Waals surface area contributed by atoms with E-state index in [0.29, 0.717) is 6.42 Å². The molecule has 0 aliphatic carbocycles. The van der Waals surface area contributed by atoms with E-state index >= 15 is 0 Å². The summed E-state index contributed by atoms with van der Waals surface area (Å²) in [5, 5.41) is 0. The summed E-state index contributed by atoms with van der Waals surface area (Å²) in [5.41, 5.74) is -1.79. The van der Waals surface area contributed by atoms with Gasteiger partial charge in [-0.05, 0) is 25.7 Å². The number of alkyl halides is 3. The summed E-state index contributed by atoms with van der Waals surface area (Å²) in [7, 11) is 0. The van der Waals surface area contributed by atoms with Crippen molar-refractivity contribution in [1.82, 2.24) is 0 Å². The lowest BCUT2D eigenvalue weighted by atomic mass is 9.87. The van der Waals surface area contributed by atoms with Gasteiger partial charge in [0.2, 0.25) is 0 Å². The molecule has 0 saturated carbocycles. The zero-order valence-electron chi connectivity index (χ0n) is 11.1. The number of ketones is 1. The lowest BCUT2D eigenvalue weighted by Gasteiger charge is -2.28. The highest BCUT2D eigenvalue weighted by molar-refractivity contribution is 5.91. The van der Waals surface area contributed by atoms with Crippen LogP contribution < -0.4 is 0 Å². The van der Waals surface area contributed by atoms with E-state index in [4.69, 9.17) is 4.74 Å². The molecular weight excluding hydrogens is 233 g/mol. The molecule has 0 aliphatic heterocycles. The number of Topliss-reactive ketones (excluding diaryl/α,β-unsaturated/α-hetero) is 1. The molecule has 0 rings (SSSR count). The molecule has 0 spiro atoms. The average molecular weight is 254 g/mol. The predicted octanol–water partition coefficient (Wildman–Crippen LogP) is 3.74. The Kier molecular flexibility index (Phi) is 5.19. The average Bonchev–Trinajstić information content (AvgIpc) is 2.14. The van der Waals surface area contributed by atoms with Gasteiger partial charge in [0, 0.05) is 6.61 Å². The maximum Gasteiger partial charge on any atom is 0.453 e. The first kappa shape index (κ1) is 16.4. The second kappa shape index (κ2) is 5.38. The van der Waals surface area contributed by atoms with Gasteiger partial charge in [-0.2, -0.15) is 13.2 Å². The summed E-state index contributed by atoms with van der Waals surface area (Å²) >= 11 is 0. The van der Waals surface area contributed by atoms with Gasteiger partial charge in [-0.3, -0.25) is 4.79 Å². The van der Waals surface area contributed by atoms with E-state index in [9.17, 15) is 18.0 Å². The minimum Gasteiger partial charge on any atom is -0.367 e. The topological polar surface area (TPSA) is 26.3 Å². The zero-order chi connectivity index (χ0) is 13.9. The number of carbonyl (C=O) groups excluding carboxylic acids is 1. The Hall–Kier alpha value is -0.580. The predicted molar refractivity (Wildman–Crippen MR) is 59.8 cm³/mol. The highest BCUT2D eigenvalue weighted by Gasteiger charge is 2.48. The maximum absolute atomic E-state index is 12.2. The third kappa shape index (κ3) is 5.52. The fraction of sp³-hybridized carbons (Fsp3) is 0.917. The highest BCUT2D eigenvalue weighted by Crippen LogP contribution is 2.28. The first-order chi connectivity index (χ1) is 7.42. The van der Waals surface area contributed by atoms with Gasteiger partial charge in [0.15, 0.2) is 0 Å². The molecule has 17 heavy (non-hydrogen) atoms. The highest BCUT2D eigenvalue weighted by atomic mass is 19.4. The van der Waals surface area contributed by atoms with Crippen molar-refractivity contribution >= 4 is 5.78 Å². The monoisotopic (exact) mass is 254 g/mol. The third-order valence-corrected chi connectivity index (χ3v) is 3.00. The van der Waals surface area contributed by atoms with E-state index in [1.54, 1.807) is 0 Å². The normalized spacial score (nSPS) is 13.9. The van der Waals surface area contributed by atoms with Crippen LogP contribution in [0.2, 0.25) is 0 Å². The van der Waals surface area contributed by atoms with Crippen LogP contribution in [-0.4, -0.2) is 24.2 Å². The number of carbonyl (C=O) groups is 1. The number of rotatable bonds is 6. The number of hydrogen-bond donors (Lipinski definition) is 0. The van der Waals surface area contributed by atoms with Crippen LogP contribution in [0.1, 0.15) is 47.5 Å². The smallest absolute Gasteiger partial charge is 0.367 e. The fourth-order valence-corrected chi connectivity index (χ4v) is 1.17. The Labute approximate surface area is 101 Å². The van der Waals surface area contributed by atoms with Gasteiger partial charge < -0.3 is 4.74 Å². The van der Waals surface area contributed by atoms with E-state index in [1.807, 2.05) is 20.8 Å². The summed E-state index contributed by atoms with van der Waals surface area (Å²) in [5.74, 6) is -1.83. The van der Waals surface area contributed by atoms with E-state index in [0.717, 1.165) is 20.3 Å². The van der Waals surface area contributed by atoms with Gasteiger partial charge in [0.05, 0.1) is 0 Å². The fourth-order valence-electron chi connectivity index (χ4n) is 1.17. The molecule has 0 fully saturated rings.